The molecule has 0 unspecified atom stereocenters. The van der Waals surface area contributed by atoms with Gasteiger partial charge >= 0.3 is 12.1 Å². The number of carboxylic acid groups (broad SMARTS) is 1. The summed E-state index contributed by atoms with van der Waals surface area (Å²) in [5.41, 5.74) is -0.721. The summed E-state index contributed by atoms with van der Waals surface area (Å²) in [6.07, 6.45) is -1.12. The van der Waals surface area contributed by atoms with Gasteiger partial charge in [0.2, 0.25) is 0 Å². The van der Waals surface area contributed by atoms with E-state index in [4.69, 9.17) is 9.47 Å². The first-order valence-electron chi connectivity index (χ1n) is 7.30. The van der Waals surface area contributed by atoms with Crippen molar-refractivity contribution in [3.63, 3.8) is 0 Å². The Kier molecular flexibility index (Phi) is 4.77. The van der Waals surface area contributed by atoms with Crippen LogP contribution in [-0.2, 0) is 9.53 Å². The van der Waals surface area contributed by atoms with Gasteiger partial charge in [-0.1, -0.05) is 6.07 Å². The van der Waals surface area contributed by atoms with Crippen molar-refractivity contribution in [1.82, 2.24) is 4.90 Å². The van der Waals surface area contributed by atoms with E-state index in [0.717, 1.165) is 4.90 Å². The SMILES string of the molecule is CC(C)(C)OC(=O)N1C[C@@H](Oc2cccc(F)c2)C[C@H]1C(=O)O. The molecular formula is C16H20FNO5. The first-order valence-corrected chi connectivity index (χ1v) is 7.30. The molecule has 0 saturated carbocycles. The maximum atomic E-state index is 13.2. The second-order valence-corrected chi connectivity index (χ2v) is 6.42. The second kappa shape index (κ2) is 6.44. The highest BCUT2D eigenvalue weighted by atomic mass is 19.1. The number of rotatable bonds is 3. The first kappa shape index (κ1) is 17.1. The Hall–Kier alpha value is -2.31. The van der Waals surface area contributed by atoms with Crippen molar-refractivity contribution in [2.24, 2.45) is 0 Å². The number of likely N-dealkylation sites (tertiary alicyclic amines) is 1. The summed E-state index contributed by atoms with van der Waals surface area (Å²) < 4.78 is 24.0. The lowest BCUT2D eigenvalue weighted by Gasteiger charge is -2.26. The number of amides is 1. The molecule has 2 rings (SSSR count). The lowest BCUT2D eigenvalue weighted by Crippen LogP contribution is -2.43. The van der Waals surface area contributed by atoms with Crippen molar-refractivity contribution in [2.75, 3.05) is 6.54 Å². The molecule has 126 valence electrons. The zero-order chi connectivity index (χ0) is 17.2. The number of carbonyl (C=O) groups excluding carboxylic acids is 1. The lowest BCUT2D eigenvalue weighted by atomic mass is 10.2. The summed E-state index contributed by atoms with van der Waals surface area (Å²) in [5, 5.41) is 9.29. The largest absolute Gasteiger partial charge is 0.488 e. The third-order valence-corrected chi connectivity index (χ3v) is 3.27. The predicted molar refractivity (Wildman–Crippen MR) is 79.8 cm³/mol. The van der Waals surface area contributed by atoms with Crippen molar-refractivity contribution in [1.29, 1.82) is 0 Å². The van der Waals surface area contributed by atoms with E-state index in [9.17, 15) is 19.1 Å². The molecule has 1 fully saturated rings. The van der Waals surface area contributed by atoms with E-state index >= 15 is 0 Å². The Morgan fingerprint density at radius 1 is 1.35 bits per heavy atom. The third kappa shape index (κ3) is 4.58. The van der Waals surface area contributed by atoms with Crippen LogP contribution in [0.3, 0.4) is 0 Å². The zero-order valence-corrected chi connectivity index (χ0v) is 13.3. The minimum atomic E-state index is -1.12. The molecule has 1 amide bonds. The number of benzene rings is 1. The Morgan fingerprint density at radius 2 is 2.04 bits per heavy atom. The van der Waals surface area contributed by atoms with Crippen LogP contribution in [-0.4, -0.2) is 46.4 Å². The van der Waals surface area contributed by atoms with Crippen LogP contribution in [0.15, 0.2) is 24.3 Å². The molecule has 1 aromatic carbocycles. The molecule has 1 aliphatic rings. The van der Waals surface area contributed by atoms with Gasteiger partial charge in [-0.15, -0.1) is 0 Å². The fourth-order valence-electron chi connectivity index (χ4n) is 2.37. The van der Waals surface area contributed by atoms with E-state index in [0.29, 0.717) is 5.75 Å². The minimum Gasteiger partial charge on any atom is -0.488 e. The van der Waals surface area contributed by atoms with E-state index in [-0.39, 0.29) is 13.0 Å². The summed E-state index contributed by atoms with van der Waals surface area (Å²) in [6, 6.07) is 4.55. The molecule has 1 aliphatic heterocycles. The average molecular weight is 325 g/mol. The fourth-order valence-corrected chi connectivity index (χ4v) is 2.37. The number of carbonyl (C=O) groups is 2. The molecule has 0 bridgehead atoms. The average Bonchev–Trinajstić information content (AvgIpc) is 2.81. The molecule has 6 nitrogen and oxygen atoms in total. The van der Waals surface area contributed by atoms with E-state index in [1.165, 1.54) is 18.2 Å². The summed E-state index contributed by atoms with van der Waals surface area (Å²) in [6.45, 7) is 5.19. The minimum absolute atomic E-state index is 0.0718. The molecule has 7 heteroatoms. The summed E-state index contributed by atoms with van der Waals surface area (Å²) in [5.74, 6) is -1.27. The van der Waals surface area contributed by atoms with Crippen LogP contribution in [0.1, 0.15) is 27.2 Å². The predicted octanol–water partition coefficient (Wildman–Crippen LogP) is 2.67. The van der Waals surface area contributed by atoms with Gasteiger partial charge in [0, 0.05) is 12.5 Å². The maximum absolute atomic E-state index is 13.2. The number of nitrogens with zero attached hydrogens (tertiary/aromatic N) is 1. The number of halogens is 1. The summed E-state index contributed by atoms with van der Waals surface area (Å²) in [7, 11) is 0. The Labute approximate surface area is 133 Å². The first-order chi connectivity index (χ1) is 10.7. The molecule has 1 N–H and O–H groups in total. The summed E-state index contributed by atoms with van der Waals surface area (Å²) in [4.78, 5) is 24.7. The molecule has 1 saturated heterocycles. The van der Waals surface area contributed by atoms with Gasteiger partial charge in [0.25, 0.3) is 0 Å². The van der Waals surface area contributed by atoms with Gasteiger partial charge in [-0.25, -0.2) is 14.0 Å². The molecule has 0 aromatic heterocycles. The normalized spacial score (nSPS) is 21.1. The topological polar surface area (TPSA) is 76.1 Å². The summed E-state index contributed by atoms with van der Waals surface area (Å²) >= 11 is 0. The standard InChI is InChI=1S/C16H20FNO5/c1-16(2,3)23-15(21)18-9-12(8-13(18)14(19)20)22-11-6-4-5-10(17)7-11/h4-7,12-13H,8-9H2,1-3H3,(H,19,20)/t12-,13-/m0/s1. The third-order valence-electron chi connectivity index (χ3n) is 3.27. The fraction of sp³-hybridized carbons (Fsp3) is 0.500. The van der Waals surface area contributed by atoms with Crippen molar-refractivity contribution in [3.05, 3.63) is 30.1 Å². The molecule has 0 radical (unpaired) electrons. The molecule has 0 spiro atoms. The highest BCUT2D eigenvalue weighted by Crippen LogP contribution is 2.25. The highest BCUT2D eigenvalue weighted by molar-refractivity contribution is 5.81. The Bertz CT molecular complexity index is 598. The zero-order valence-electron chi connectivity index (χ0n) is 13.3. The van der Waals surface area contributed by atoms with Gasteiger partial charge in [0.15, 0.2) is 0 Å². The van der Waals surface area contributed by atoms with E-state index in [2.05, 4.69) is 0 Å². The number of aliphatic carboxylic acids is 1. The van der Waals surface area contributed by atoms with Crippen LogP contribution in [0.5, 0.6) is 5.75 Å². The van der Waals surface area contributed by atoms with E-state index in [1.54, 1.807) is 26.8 Å². The molecule has 0 aliphatic carbocycles. The Morgan fingerprint density at radius 3 is 2.61 bits per heavy atom. The van der Waals surface area contributed by atoms with Crippen LogP contribution in [0.2, 0.25) is 0 Å². The quantitative estimate of drug-likeness (QED) is 0.924. The maximum Gasteiger partial charge on any atom is 0.411 e. The van der Waals surface area contributed by atoms with Crippen LogP contribution in [0.4, 0.5) is 9.18 Å². The lowest BCUT2D eigenvalue weighted by molar-refractivity contribution is -0.142. The number of ether oxygens (including phenoxy) is 2. The second-order valence-electron chi connectivity index (χ2n) is 6.42. The van der Waals surface area contributed by atoms with Crippen LogP contribution in [0, 0.1) is 5.82 Å². The smallest absolute Gasteiger partial charge is 0.411 e. The van der Waals surface area contributed by atoms with Crippen molar-refractivity contribution < 1.29 is 28.6 Å². The van der Waals surface area contributed by atoms with Gasteiger partial charge in [-0.05, 0) is 32.9 Å². The van der Waals surface area contributed by atoms with Gasteiger partial charge in [-0.2, -0.15) is 0 Å². The molecule has 23 heavy (non-hydrogen) atoms. The Balaban J connectivity index is 2.08. The van der Waals surface area contributed by atoms with Gasteiger partial charge < -0.3 is 14.6 Å². The molecule has 2 atom stereocenters. The number of carboxylic acids is 1. The van der Waals surface area contributed by atoms with Gasteiger partial charge in [0.05, 0.1) is 6.54 Å². The van der Waals surface area contributed by atoms with Crippen molar-refractivity contribution >= 4 is 12.1 Å². The van der Waals surface area contributed by atoms with Gasteiger partial charge in [-0.3, -0.25) is 4.90 Å². The number of hydrogen-bond acceptors (Lipinski definition) is 4. The highest BCUT2D eigenvalue weighted by Gasteiger charge is 2.42. The van der Waals surface area contributed by atoms with E-state index in [1.807, 2.05) is 0 Å². The van der Waals surface area contributed by atoms with E-state index < -0.39 is 35.6 Å². The molecule has 1 aromatic rings. The molecule has 1 heterocycles. The van der Waals surface area contributed by atoms with Crippen LogP contribution >= 0.6 is 0 Å². The van der Waals surface area contributed by atoms with Gasteiger partial charge in [0.1, 0.15) is 29.3 Å². The monoisotopic (exact) mass is 325 g/mol. The molecular weight excluding hydrogens is 305 g/mol. The van der Waals surface area contributed by atoms with Crippen molar-refractivity contribution in [2.45, 2.75) is 44.9 Å². The van der Waals surface area contributed by atoms with Crippen LogP contribution in [0.25, 0.3) is 0 Å². The van der Waals surface area contributed by atoms with Crippen molar-refractivity contribution in [3.8, 4) is 5.75 Å². The number of hydrogen-bond donors (Lipinski definition) is 1. The van der Waals surface area contributed by atoms with Crippen LogP contribution < -0.4 is 4.74 Å².